The summed E-state index contributed by atoms with van der Waals surface area (Å²) in [7, 11) is 1.64. The van der Waals surface area contributed by atoms with Crippen LogP contribution in [0.5, 0.6) is 0 Å². The summed E-state index contributed by atoms with van der Waals surface area (Å²) in [6.45, 7) is 1.63. The summed E-state index contributed by atoms with van der Waals surface area (Å²) in [5, 5.41) is 0. The van der Waals surface area contributed by atoms with Gasteiger partial charge in [-0.2, -0.15) is 0 Å². The molecule has 0 atom stereocenters. The molecule has 2 rings (SSSR count). The average molecular weight is 262 g/mol. The van der Waals surface area contributed by atoms with Crippen LogP contribution in [-0.4, -0.2) is 32.7 Å². The van der Waals surface area contributed by atoms with Crippen LogP contribution >= 0.6 is 0 Å². The van der Waals surface area contributed by atoms with Crippen molar-refractivity contribution in [3.05, 3.63) is 34.9 Å². The molecule has 0 saturated carbocycles. The van der Waals surface area contributed by atoms with Crippen molar-refractivity contribution < 1.29 is 14.3 Å². The molecule has 1 aromatic carbocycles. The highest BCUT2D eigenvalue weighted by Gasteiger charge is 2.12. The lowest BCUT2D eigenvalue weighted by molar-refractivity contribution is -0.119. The van der Waals surface area contributed by atoms with Crippen LogP contribution in [0.4, 0.5) is 0 Å². The van der Waals surface area contributed by atoms with Crippen LogP contribution in [0.2, 0.25) is 0 Å². The molecule has 0 heterocycles. The van der Waals surface area contributed by atoms with Gasteiger partial charge in [-0.05, 0) is 36.0 Å². The van der Waals surface area contributed by atoms with E-state index in [9.17, 15) is 4.79 Å². The molecule has 0 unspecified atom stereocenters. The minimum Gasteiger partial charge on any atom is -0.382 e. The Labute approximate surface area is 114 Å². The third kappa shape index (κ3) is 4.44. The molecular weight excluding hydrogens is 240 g/mol. The Morgan fingerprint density at radius 2 is 2.00 bits per heavy atom. The lowest BCUT2D eigenvalue weighted by atomic mass is 10.0. The zero-order valence-corrected chi connectivity index (χ0v) is 11.6. The fourth-order valence-electron chi connectivity index (χ4n) is 2.48. The molecule has 0 N–H and O–H groups in total. The predicted octanol–water partition coefficient (Wildman–Crippen LogP) is 2.34. The van der Waals surface area contributed by atoms with Crippen molar-refractivity contribution in [2.24, 2.45) is 0 Å². The Hall–Kier alpha value is -1.19. The van der Waals surface area contributed by atoms with Gasteiger partial charge in [-0.1, -0.05) is 18.2 Å². The molecule has 1 aliphatic rings. The monoisotopic (exact) mass is 262 g/mol. The van der Waals surface area contributed by atoms with E-state index in [4.69, 9.17) is 9.47 Å². The summed E-state index contributed by atoms with van der Waals surface area (Å²) in [5.41, 5.74) is 4.03. The molecule has 0 fully saturated rings. The van der Waals surface area contributed by atoms with Crippen LogP contribution in [0.3, 0.4) is 0 Å². The molecule has 3 nitrogen and oxygen atoms in total. The number of benzene rings is 1. The summed E-state index contributed by atoms with van der Waals surface area (Å²) >= 11 is 0. The minimum atomic E-state index is 0.246. The Morgan fingerprint density at radius 3 is 2.84 bits per heavy atom. The maximum Gasteiger partial charge on any atom is 0.139 e. The highest BCUT2D eigenvalue weighted by Crippen LogP contribution is 2.23. The van der Waals surface area contributed by atoms with Crippen LogP contribution < -0.4 is 0 Å². The summed E-state index contributed by atoms with van der Waals surface area (Å²) in [6, 6.07) is 6.47. The Balaban J connectivity index is 1.73. The molecule has 0 radical (unpaired) electrons. The Bertz CT molecular complexity index is 426. The van der Waals surface area contributed by atoms with E-state index in [0.29, 0.717) is 32.7 Å². The zero-order chi connectivity index (χ0) is 13.5. The Morgan fingerprint density at radius 1 is 1.16 bits per heavy atom. The molecule has 1 aromatic rings. The first-order valence-electron chi connectivity index (χ1n) is 6.98. The minimum absolute atomic E-state index is 0.246. The zero-order valence-electron chi connectivity index (χ0n) is 11.6. The third-order valence-electron chi connectivity index (χ3n) is 3.52. The van der Waals surface area contributed by atoms with Gasteiger partial charge in [0.15, 0.2) is 0 Å². The van der Waals surface area contributed by atoms with Gasteiger partial charge in [0.25, 0.3) is 0 Å². The molecule has 0 saturated heterocycles. The van der Waals surface area contributed by atoms with E-state index < -0.39 is 0 Å². The standard InChI is InChI=1S/C16H22O3/c1-18-9-10-19-8-7-16(17)12-13-5-6-14-3-2-4-15(14)11-13/h5-6,11H,2-4,7-10,12H2,1H3. The van der Waals surface area contributed by atoms with Crippen LogP contribution in [0.1, 0.15) is 29.5 Å². The number of methoxy groups -OCH3 is 1. The van der Waals surface area contributed by atoms with Gasteiger partial charge in [0.05, 0.1) is 19.8 Å². The molecule has 0 bridgehead atoms. The lowest BCUT2D eigenvalue weighted by Gasteiger charge is -2.05. The van der Waals surface area contributed by atoms with Crippen LogP contribution in [0, 0.1) is 0 Å². The van der Waals surface area contributed by atoms with E-state index >= 15 is 0 Å². The van der Waals surface area contributed by atoms with Gasteiger partial charge in [-0.15, -0.1) is 0 Å². The van der Waals surface area contributed by atoms with Gasteiger partial charge < -0.3 is 9.47 Å². The maximum atomic E-state index is 11.8. The van der Waals surface area contributed by atoms with Gasteiger partial charge >= 0.3 is 0 Å². The van der Waals surface area contributed by atoms with Crippen LogP contribution in [0.15, 0.2) is 18.2 Å². The highest BCUT2D eigenvalue weighted by atomic mass is 16.5. The fourth-order valence-corrected chi connectivity index (χ4v) is 2.48. The molecule has 104 valence electrons. The number of carbonyl (C=O) groups excluding carboxylic acids is 1. The first kappa shape index (κ1) is 14.2. The van der Waals surface area contributed by atoms with Crippen molar-refractivity contribution in [3.8, 4) is 0 Å². The molecule has 19 heavy (non-hydrogen) atoms. The largest absolute Gasteiger partial charge is 0.382 e. The molecule has 1 aliphatic carbocycles. The molecule has 0 aliphatic heterocycles. The van der Waals surface area contributed by atoms with E-state index in [1.54, 1.807) is 7.11 Å². The van der Waals surface area contributed by atoms with E-state index in [-0.39, 0.29) is 5.78 Å². The number of hydrogen-bond acceptors (Lipinski definition) is 3. The molecule has 0 amide bonds. The number of ketones is 1. The van der Waals surface area contributed by atoms with Crippen molar-refractivity contribution >= 4 is 5.78 Å². The first-order valence-corrected chi connectivity index (χ1v) is 6.98. The summed E-state index contributed by atoms with van der Waals surface area (Å²) < 4.78 is 10.2. The lowest BCUT2D eigenvalue weighted by Crippen LogP contribution is -2.09. The predicted molar refractivity (Wildman–Crippen MR) is 74.5 cm³/mol. The second-order valence-corrected chi connectivity index (χ2v) is 5.03. The number of rotatable bonds is 8. The SMILES string of the molecule is COCCOCCC(=O)Cc1ccc2c(c1)CCC2. The van der Waals surface area contributed by atoms with Gasteiger partial charge in [-0.3, -0.25) is 4.79 Å². The van der Waals surface area contributed by atoms with Crippen molar-refractivity contribution in [1.82, 2.24) is 0 Å². The quantitative estimate of drug-likeness (QED) is 0.675. The maximum absolute atomic E-state index is 11.8. The summed E-state index contributed by atoms with van der Waals surface area (Å²) in [5.74, 6) is 0.246. The van der Waals surface area contributed by atoms with Gasteiger partial charge in [0.2, 0.25) is 0 Å². The number of ether oxygens (including phenoxy) is 2. The summed E-state index contributed by atoms with van der Waals surface area (Å²) in [6.07, 6.45) is 4.62. The number of aryl methyl sites for hydroxylation is 2. The van der Waals surface area contributed by atoms with Crippen LogP contribution in [0.25, 0.3) is 0 Å². The smallest absolute Gasteiger partial charge is 0.139 e. The fraction of sp³-hybridized carbons (Fsp3) is 0.562. The highest BCUT2D eigenvalue weighted by molar-refractivity contribution is 5.81. The molecule has 0 spiro atoms. The van der Waals surface area contributed by atoms with E-state index in [1.165, 1.54) is 24.0 Å². The van der Waals surface area contributed by atoms with Gasteiger partial charge in [0, 0.05) is 20.0 Å². The Kier molecular flexibility index (Phi) is 5.55. The number of hydrogen-bond donors (Lipinski definition) is 0. The molecule has 3 heteroatoms. The normalized spacial score (nSPS) is 13.5. The van der Waals surface area contributed by atoms with Crippen molar-refractivity contribution in [2.75, 3.05) is 26.9 Å². The molecule has 0 aromatic heterocycles. The number of Topliss-reactive ketones (excluding diaryl/α,β-unsaturated/α-hetero) is 1. The molecular formula is C16H22O3. The number of fused-ring (bicyclic) bond motifs is 1. The number of carbonyl (C=O) groups is 1. The third-order valence-corrected chi connectivity index (χ3v) is 3.52. The summed E-state index contributed by atoms with van der Waals surface area (Å²) in [4.78, 5) is 11.8. The van der Waals surface area contributed by atoms with Crippen LogP contribution in [-0.2, 0) is 33.5 Å². The second-order valence-electron chi connectivity index (χ2n) is 5.03. The van der Waals surface area contributed by atoms with E-state index in [0.717, 1.165) is 12.0 Å². The average Bonchev–Trinajstić information content (AvgIpc) is 2.86. The topological polar surface area (TPSA) is 35.5 Å². The second kappa shape index (κ2) is 7.41. The van der Waals surface area contributed by atoms with Gasteiger partial charge in [-0.25, -0.2) is 0 Å². The van der Waals surface area contributed by atoms with Crippen molar-refractivity contribution in [2.45, 2.75) is 32.1 Å². The van der Waals surface area contributed by atoms with Gasteiger partial charge in [0.1, 0.15) is 5.78 Å². The van der Waals surface area contributed by atoms with Crippen molar-refractivity contribution in [3.63, 3.8) is 0 Å². The first-order chi connectivity index (χ1) is 9.29. The van der Waals surface area contributed by atoms with E-state index in [1.807, 2.05) is 0 Å². The van der Waals surface area contributed by atoms with Crippen molar-refractivity contribution in [1.29, 1.82) is 0 Å². The van der Waals surface area contributed by atoms with E-state index in [2.05, 4.69) is 18.2 Å².